The number of amides is 2. The molecule has 0 aliphatic rings. The number of oxime groups is 1. The summed E-state index contributed by atoms with van der Waals surface area (Å²) in [5.74, 6) is -0.127. The zero-order valence-corrected chi connectivity index (χ0v) is 14.9. The predicted octanol–water partition coefficient (Wildman–Crippen LogP) is 3.19. The molecule has 0 saturated carbocycles. The van der Waals surface area contributed by atoms with Crippen LogP contribution in [0.4, 0.5) is 10.5 Å². The summed E-state index contributed by atoms with van der Waals surface area (Å²) in [6.07, 6.45) is 0.900. The van der Waals surface area contributed by atoms with Crippen LogP contribution in [0.25, 0.3) is 0 Å². The van der Waals surface area contributed by atoms with Gasteiger partial charge in [0.15, 0.2) is 0 Å². The Labute approximate surface area is 140 Å². The van der Waals surface area contributed by atoms with E-state index in [1.165, 1.54) is 7.11 Å². The number of hydrogen-bond donors (Lipinski definition) is 3. The predicted molar refractivity (Wildman–Crippen MR) is 89.3 cm³/mol. The molecule has 9 heteroatoms. The molecule has 0 saturated heterocycles. The number of rotatable bonds is 3. The number of guanidine groups is 1. The number of carbonyl (C=O) groups is 1. The van der Waals surface area contributed by atoms with E-state index < -0.39 is 6.03 Å². The van der Waals surface area contributed by atoms with Gasteiger partial charge in [0.25, 0.3) is 0 Å². The first-order chi connectivity index (χ1) is 8.97. The number of aryl methyl sites for hydroxylation is 1. The monoisotopic (exact) mass is 428 g/mol. The number of nitrogens with two attached hydrogens (primary N) is 1. The van der Waals surface area contributed by atoms with Gasteiger partial charge in [-0.05, 0) is 61.1 Å². The van der Waals surface area contributed by atoms with Crippen LogP contribution in [0.2, 0.25) is 0 Å². The molecule has 6 nitrogen and oxygen atoms in total. The van der Waals surface area contributed by atoms with Gasteiger partial charge in [0, 0.05) is 8.95 Å². The van der Waals surface area contributed by atoms with Crippen molar-refractivity contribution in [1.29, 1.82) is 0 Å². The molecule has 0 bridgehead atoms. The second-order valence-electron chi connectivity index (χ2n) is 3.53. The largest absolute Gasteiger partial charge is 0.396 e. The molecule has 0 aliphatic heterocycles. The second-order valence-corrected chi connectivity index (χ2v) is 5.23. The van der Waals surface area contributed by atoms with Crippen molar-refractivity contribution >= 4 is 61.9 Å². The zero-order valence-electron chi connectivity index (χ0n) is 10.9. The minimum Gasteiger partial charge on any atom is -0.396 e. The van der Waals surface area contributed by atoms with Crippen molar-refractivity contribution < 1.29 is 9.63 Å². The first kappa shape index (κ1) is 19.0. The van der Waals surface area contributed by atoms with Gasteiger partial charge in [-0.1, -0.05) is 6.92 Å². The van der Waals surface area contributed by atoms with Crippen molar-refractivity contribution in [2.45, 2.75) is 13.3 Å². The molecule has 4 N–H and O–H groups in total. The third kappa shape index (κ3) is 5.56. The van der Waals surface area contributed by atoms with Gasteiger partial charge < -0.3 is 15.9 Å². The number of halogens is 3. The summed E-state index contributed by atoms with van der Waals surface area (Å²) < 4.78 is 1.55. The lowest BCUT2D eigenvalue weighted by atomic mass is 10.1. The summed E-state index contributed by atoms with van der Waals surface area (Å²) >= 11 is 6.81. The fourth-order valence-corrected chi connectivity index (χ4v) is 2.81. The Morgan fingerprint density at radius 2 is 1.95 bits per heavy atom. The first-order valence-electron chi connectivity index (χ1n) is 5.40. The Balaban J connectivity index is 0.00000361. The summed E-state index contributed by atoms with van der Waals surface area (Å²) in [5.41, 5.74) is 7.14. The van der Waals surface area contributed by atoms with Gasteiger partial charge in [0.2, 0.25) is 5.96 Å². The van der Waals surface area contributed by atoms with Crippen molar-refractivity contribution in [3.8, 4) is 0 Å². The van der Waals surface area contributed by atoms with E-state index in [0.717, 1.165) is 20.9 Å². The highest BCUT2D eigenvalue weighted by molar-refractivity contribution is 9.11. The van der Waals surface area contributed by atoms with Crippen LogP contribution in [0, 0.1) is 0 Å². The Morgan fingerprint density at radius 1 is 1.40 bits per heavy atom. The van der Waals surface area contributed by atoms with Crippen molar-refractivity contribution in [3.05, 3.63) is 26.6 Å². The van der Waals surface area contributed by atoms with Crippen molar-refractivity contribution in [2.75, 3.05) is 12.4 Å². The number of anilines is 1. The quantitative estimate of drug-likeness (QED) is 0.391. The van der Waals surface area contributed by atoms with E-state index in [1.807, 2.05) is 12.1 Å². The summed E-state index contributed by atoms with van der Waals surface area (Å²) in [4.78, 5) is 16.1. The number of nitrogens with one attached hydrogen (secondary N) is 2. The number of benzene rings is 1. The molecule has 0 radical (unpaired) electrons. The maximum absolute atomic E-state index is 11.7. The lowest BCUT2D eigenvalue weighted by Crippen LogP contribution is -2.39. The van der Waals surface area contributed by atoms with Crippen molar-refractivity contribution in [2.24, 2.45) is 10.9 Å². The highest BCUT2D eigenvalue weighted by Gasteiger charge is 2.11. The summed E-state index contributed by atoms with van der Waals surface area (Å²) in [6.45, 7) is 2.05. The van der Waals surface area contributed by atoms with E-state index >= 15 is 0 Å². The van der Waals surface area contributed by atoms with Crippen LogP contribution in [-0.4, -0.2) is 19.1 Å². The zero-order chi connectivity index (χ0) is 14.4. The SMILES string of the molecule is CCc1cc(Br)c(NC(=O)NC(N)=NOC)c(Br)c1.Cl. The number of urea groups is 1. The van der Waals surface area contributed by atoms with E-state index in [4.69, 9.17) is 5.73 Å². The molecular formula is C11H15Br2ClN4O2. The molecule has 0 aliphatic carbocycles. The molecule has 0 spiro atoms. The normalized spacial score (nSPS) is 10.5. The highest BCUT2D eigenvalue weighted by atomic mass is 79.9. The van der Waals surface area contributed by atoms with Gasteiger partial charge in [-0.3, -0.25) is 5.32 Å². The molecule has 0 heterocycles. The van der Waals surface area contributed by atoms with E-state index in [2.05, 4.69) is 59.4 Å². The number of carbonyl (C=O) groups excluding carboxylic acids is 1. The third-order valence-corrected chi connectivity index (χ3v) is 3.43. The van der Waals surface area contributed by atoms with Crippen LogP contribution in [0.15, 0.2) is 26.2 Å². The van der Waals surface area contributed by atoms with Crippen LogP contribution in [0.5, 0.6) is 0 Å². The maximum atomic E-state index is 11.7. The van der Waals surface area contributed by atoms with E-state index in [9.17, 15) is 4.79 Å². The highest BCUT2D eigenvalue weighted by Crippen LogP contribution is 2.32. The Kier molecular flexibility index (Phi) is 8.59. The van der Waals surface area contributed by atoms with Crippen LogP contribution >= 0.6 is 44.3 Å². The molecular weight excluding hydrogens is 415 g/mol. The third-order valence-electron chi connectivity index (χ3n) is 2.18. The van der Waals surface area contributed by atoms with Crippen molar-refractivity contribution in [1.82, 2.24) is 5.32 Å². The lowest BCUT2D eigenvalue weighted by Gasteiger charge is -2.11. The molecule has 112 valence electrons. The smallest absolute Gasteiger partial charge is 0.326 e. The standard InChI is InChI=1S/C11H14Br2N4O2.ClH/c1-3-6-4-7(12)9(8(13)5-6)15-11(18)16-10(14)17-19-2;/h4-5H,3H2,1-2H3,(H4,14,15,16,17,18);1H. The van der Waals surface area contributed by atoms with Crippen LogP contribution in [0.3, 0.4) is 0 Å². The van der Waals surface area contributed by atoms with Crippen LogP contribution in [0.1, 0.15) is 12.5 Å². The molecule has 2 amide bonds. The number of hydrogen-bond acceptors (Lipinski definition) is 3. The minimum atomic E-state index is -0.510. The molecule has 0 atom stereocenters. The molecule has 1 rings (SSSR count). The Morgan fingerprint density at radius 3 is 2.40 bits per heavy atom. The first-order valence-corrected chi connectivity index (χ1v) is 6.99. The van der Waals surface area contributed by atoms with Crippen LogP contribution in [-0.2, 0) is 11.3 Å². The van der Waals surface area contributed by atoms with Crippen LogP contribution < -0.4 is 16.4 Å². The van der Waals surface area contributed by atoms with Gasteiger partial charge in [-0.25, -0.2) is 4.79 Å². The maximum Gasteiger partial charge on any atom is 0.326 e. The fourth-order valence-electron chi connectivity index (χ4n) is 1.33. The molecule has 0 unspecified atom stereocenters. The fraction of sp³-hybridized carbons (Fsp3) is 0.273. The van der Waals surface area contributed by atoms with Gasteiger partial charge in [0.1, 0.15) is 7.11 Å². The molecule has 0 fully saturated rings. The van der Waals surface area contributed by atoms with Gasteiger partial charge in [0.05, 0.1) is 5.69 Å². The van der Waals surface area contributed by atoms with E-state index in [-0.39, 0.29) is 18.4 Å². The van der Waals surface area contributed by atoms with Gasteiger partial charge in [-0.2, -0.15) is 0 Å². The van der Waals surface area contributed by atoms with Gasteiger partial charge in [-0.15, -0.1) is 12.4 Å². The second kappa shape index (κ2) is 9.04. The summed E-state index contributed by atoms with van der Waals surface area (Å²) in [7, 11) is 1.34. The Hall–Kier alpha value is -0.990. The topological polar surface area (TPSA) is 88.7 Å². The molecule has 20 heavy (non-hydrogen) atoms. The average molecular weight is 431 g/mol. The van der Waals surface area contributed by atoms with E-state index in [0.29, 0.717) is 5.69 Å². The lowest BCUT2D eigenvalue weighted by molar-refractivity contribution is 0.211. The molecule has 0 aromatic heterocycles. The van der Waals surface area contributed by atoms with E-state index in [1.54, 1.807) is 0 Å². The Bertz CT molecular complexity index is 488. The summed E-state index contributed by atoms with van der Waals surface area (Å²) in [6, 6.07) is 3.36. The average Bonchev–Trinajstić information content (AvgIpc) is 2.33. The molecule has 1 aromatic rings. The molecule has 1 aromatic carbocycles. The summed E-state index contributed by atoms with van der Waals surface area (Å²) in [5, 5.41) is 8.36. The van der Waals surface area contributed by atoms with Gasteiger partial charge >= 0.3 is 6.03 Å². The van der Waals surface area contributed by atoms with Crippen molar-refractivity contribution in [3.63, 3.8) is 0 Å². The minimum absolute atomic E-state index is 0. The number of nitrogens with zero attached hydrogens (tertiary/aromatic N) is 1.